The van der Waals surface area contributed by atoms with Crippen LogP contribution in [0.1, 0.15) is 75.6 Å². The highest BCUT2D eigenvalue weighted by atomic mass is 16.5. The van der Waals surface area contributed by atoms with Gasteiger partial charge in [0.25, 0.3) is 5.91 Å². The van der Waals surface area contributed by atoms with Crippen LogP contribution in [-0.2, 0) is 7.05 Å². The maximum atomic E-state index is 12.9. The van der Waals surface area contributed by atoms with Gasteiger partial charge in [0.05, 0.1) is 12.8 Å². The molecule has 2 unspecified atom stereocenters. The van der Waals surface area contributed by atoms with Crippen LogP contribution >= 0.6 is 0 Å². The zero-order valence-corrected chi connectivity index (χ0v) is 16.5. The SMILES string of the molecule is Cn1ncc(C(=O)N[C@@H]2CC3CCC2C3(C)C)c1OCC1CCCCC1. The van der Waals surface area contributed by atoms with Crippen LogP contribution in [0.2, 0.25) is 0 Å². The first-order valence-corrected chi connectivity index (χ1v) is 10.4. The Morgan fingerprint density at radius 2 is 2.04 bits per heavy atom. The highest BCUT2D eigenvalue weighted by Crippen LogP contribution is 2.57. The summed E-state index contributed by atoms with van der Waals surface area (Å²) in [7, 11) is 1.85. The lowest BCUT2D eigenvalue weighted by atomic mass is 9.81. The van der Waals surface area contributed by atoms with Crippen LogP contribution in [0.4, 0.5) is 0 Å². The monoisotopic (exact) mass is 359 g/mol. The summed E-state index contributed by atoms with van der Waals surface area (Å²) in [5.41, 5.74) is 0.941. The maximum Gasteiger partial charge on any atom is 0.258 e. The Hall–Kier alpha value is -1.52. The van der Waals surface area contributed by atoms with E-state index >= 15 is 0 Å². The molecule has 1 aromatic heterocycles. The predicted octanol–water partition coefficient (Wildman–Crippen LogP) is 3.93. The Morgan fingerprint density at radius 3 is 2.69 bits per heavy atom. The summed E-state index contributed by atoms with van der Waals surface area (Å²) in [5, 5.41) is 7.58. The lowest BCUT2D eigenvalue weighted by molar-refractivity contribution is 0.0910. The first-order valence-electron chi connectivity index (χ1n) is 10.4. The Bertz CT molecular complexity index is 660. The van der Waals surface area contributed by atoms with Crippen molar-refractivity contribution in [1.29, 1.82) is 0 Å². The summed E-state index contributed by atoms with van der Waals surface area (Å²) < 4.78 is 7.77. The molecule has 0 aromatic carbocycles. The van der Waals surface area contributed by atoms with Gasteiger partial charge >= 0.3 is 0 Å². The summed E-state index contributed by atoms with van der Waals surface area (Å²) in [6, 6.07) is 0.294. The first-order chi connectivity index (χ1) is 12.5. The lowest BCUT2D eigenvalue weighted by Gasteiger charge is -2.27. The van der Waals surface area contributed by atoms with E-state index < -0.39 is 0 Å². The molecule has 0 radical (unpaired) electrons. The molecule has 0 aliphatic heterocycles. The van der Waals surface area contributed by atoms with Crippen molar-refractivity contribution in [2.24, 2.45) is 30.2 Å². The molecule has 144 valence electrons. The molecule has 3 atom stereocenters. The molecule has 4 rings (SSSR count). The molecule has 3 aliphatic rings. The summed E-state index contributed by atoms with van der Waals surface area (Å²) in [4.78, 5) is 12.9. The Morgan fingerprint density at radius 1 is 1.27 bits per heavy atom. The number of hydrogen-bond acceptors (Lipinski definition) is 3. The van der Waals surface area contributed by atoms with Crippen LogP contribution < -0.4 is 10.1 Å². The second-order valence-corrected chi connectivity index (χ2v) is 9.32. The van der Waals surface area contributed by atoms with Gasteiger partial charge in [0.15, 0.2) is 0 Å². The second kappa shape index (κ2) is 6.90. The number of ether oxygens (including phenoxy) is 1. The quantitative estimate of drug-likeness (QED) is 0.866. The molecule has 3 fully saturated rings. The minimum Gasteiger partial charge on any atom is -0.477 e. The zero-order valence-electron chi connectivity index (χ0n) is 16.5. The summed E-state index contributed by atoms with van der Waals surface area (Å²) in [6.45, 7) is 5.43. The van der Waals surface area contributed by atoms with E-state index in [0.29, 0.717) is 41.3 Å². The van der Waals surface area contributed by atoms with Gasteiger partial charge in [0.1, 0.15) is 5.56 Å². The van der Waals surface area contributed by atoms with Gasteiger partial charge in [-0.2, -0.15) is 5.10 Å². The third-order valence-corrected chi connectivity index (χ3v) is 7.48. The summed E-state index contributed by atoms with van der Waals surface area (Å²) in [6.07, 6.45) is 11.7. The smallest absolute Gasteiger partial charge is 0.258 e. The van der Waals surface area contributed by atoms with Crippen molar-refractivity contribution in [3.05, 3.63) is 11.8 Å². The van der Waals surface area contributed by atoms with Crippen LogP contribution in [0.15, 0.2) is 6.20 Å². The molecule has 1 N–H and O–H groups in total. The second-order valence-electron chi connectivity index (χ2n) is 9.32. The van der Waals surface area contributed by atoms with Gasteiger partial charge in [-0.05, 0) is 55.3 Å². The number of nitrogens with one attached hydrogen (secondary N) is 1. The number of rotatable bonds is 5. The van der Waals surface area contributed by atoms with Crippen LogP contribution in [0, 0.1) is 23.2 Å². The van der Waals surface area contributed by atoms with Gasteiger partial charge in [0, 0.05) is 13.1 Å². The number of aromatic nitrogens is 2. The fourth-order valence-electron chi connectivity index (χ4n) is 5.75. The summed E-state index contributed by atoms with van der Waals surface area (Å²) >= 11 is 0. The van der Waals surface area contributed by atoms with Gasteiger partial charge in [-0.1, -0.05) is 33.1 Å². The average Bonchev–Trinajstić information content (AvgIpc) is 3.21. The van der Waals surface area contributed by atoms with Crippen molar-refractivity contribution in [1.82, 2.24) is 15.1 Å². The van der Waals surface area contributed by atoms with Crippen LogP contribution in [0.25, 0.3) is 0 Å². The molecule has 1 heterocycles. The van der Waals surface area contributed by atoms with Crippen LogP contribution in [0.5, 0.6) is 5.88 Å². The predicted molar refractivity (Wildman–Crippen MR) is 101 cm³/mol. The Labute approximate surface area is 156 Å². The molecule has 1 amide bonds. The molecular weight excluding hydrogens is 326 g/mol. The number of nitrogens with zero attached hydrogens (tertiary/aromatic N) is 2. The Kier molecular flexibility index (Phi) is 4.74. The van der Waals surface area contributed by atoms with Crippen molar-refractivity contribution in [2.45, 2.75) is 71.3 Å². The molecular formula is C21H33N3O2. The third-order valence-electron chi connectivity index (χ3n) is 7.48. The van der Waals surface area contributed by atoms with Gasteiger partial charge in [-0.3, -0.25) is 4.79 Å². The maximum absolute atomic E-state index is 12.9. The molecule has 2 bridgehead atoms. The number of amides is 1. The molecule has 0 spiro atoms. The first kappa shape index (κ1) is 17.9. The minimum atomic E-state index is -0.0231. The molecule has 26 heavy (non-hydrogen) atoms. The van der Waals surface area contributed by atoms with Crippen molar-refractivity contribution in [3.63, 3.8) is 0 Å². The van der Waals surface area contributed by atoms with Crippen molar-refractivity contribution in [3.8, 4) is 5.88 Å². The van der Waals surface area contributed by atoms with E-state index in [1.807, 2.05) is 7.05 Å². The molecule has 3 saturated carbocycles. The van der Waals surface area contributed by atoms with Crippen molar-refractivity contribution in [2.75, 3.05) is 6.61 Å². The number of carbonyl (C=O) groups is 1. The van der Waals surface area contributed by atoms with Gasteiger partial charge in [-0.15, -0.1) is 0 Å². The fourth-order valence-corrected chi connectivity index (χ4v) is 5.75. The normalized spacial score (nSPS) is 30.5. The van der Waals surface area contributed by atoms with E-state index in [9.17, 15) is 4.79 Å². The number of carbonyl (C=O) groups excluding carboxylic acids is 1. The Balaban J connectivity index is 1.40. The average molecular weight is 360 g/mol. The van der Waals surface area contributed by atoms with Crippen molar-refractivity contribution < 1.29 is 9.53 Å². The van der Waals surface area contributed by atoms with Gasteiger partial charge < -0.3 is 10.1 Å². The summed E-state index contributed by atoms with van der Waals surface area (Å²) in [5.74, 6) is 2.55. The minimum absolute atomic E-state index is 0.0231. The van der Waals surface area contributed by atoms with Gasteiger partial charge in [0.2, 0.25) is 5.88 Å². The molecule has 0 saturated heterocycles. The fraction of sp³-hybridized carbons (Fsp3) is 0.810. The highest BCUT2D eigenvalue weighted by molar-refractivity contribution is 5.96. The zero-order chi connectivity index (χ0) is 18.3. The van der Waals surface area contributed by atoms with E-state index in [0.717, 1.165) is 12.3 Å². The molecule has 5 heteroatoms. The van der Waals surface area contributed by atoms with Gasteiger partial charge in [-0.25, -0.2) is 4.68 Å². The van der Waals surface area contributed by atoms with Crippen molar-refractivity contribution >= 4 is 5.91 Å². The highest BCUT2D eigenvalue weighted by Gasteiger charge is 2.53. The van der Waals surface area contributed by atoms with E-state index in [2.05, 4.69) is 24.3 Å². The largest absolute Gasteiger partial charge is 0.477 e. The van der Waals surface area contributed by atoms with E-state index in [-0.39, 0.29) is 5.91 Å². The molecule has 3 aliphatic carbocycles. The van der Waals surface area contributed by atoms with Crippen LogP contribution in [-0.4, -0.2) is 28.3 Å². The lowest BCUT2D eigenvalue weighted by Crippen LogP contribution is -2.40. The number of aryl methyl sites for hydroxylation is 1. The third kappa shape index (κ3) is 3.14. The van der Waals surface area contributed by atoms with E-state index in [4.69, 9.17) is 4.74 Å². The standard InChI is InChI=1S/C21H33N3O2/c1-21(2)15-9-10-17(21)18(11-15)23-19(25)16-12-22-24(3)20(16)26-13-14-7-5-4-6-8-14/h12,14-15,17-18H,4-11,13H2,1-3H3,(H,23,25)/t15?,17?,18-/m1/s1. The van der Waals surface area contributed by atoms with E-state index in [1.54, 1.807) is 10.9 Å². The number of hydrogen-bond donors (Lipinski definition) is 1. The topological polar surface area (TPSA) is 56.2 Å². The molecule has 1 aromatic rings. The molecule has 5 nitrogen and oxygen atoms in total. The van der Waals surface area contributed by atoms with Crippen LogP contribution in [0.3, 0.4) is 0 Å². The number of fused-ring (bicyclic) bond motifs is 2. The van der Waals surface area contributed by atoms with E-state index in [1.165, 1.54) is 44.9 Å².